The lowest BCUT2D eigenvalue weighted by Crippen LogP contribution is -2.42. The maximum atomic E-state index is 13.2. The first kappa shape index (κ1) is 23.4. The minimum Gasteiger partial charge on any atom is -0.379 e. The molecule has 0 radical (unpaired) electrons. The lowest BCUT2D eigenvalue weighted by atomic mass is 10.1. The average molecular weight is 456 g/mol. The zero-order chi connectivity index (χ0) is 23.4. The van der Waals surface area contributed by atoms with Crippen molar-refractivity contribution in [2.45, 2.75) is 23.6 Å². The fraction of sp³-hybridized carbons (Fsp3) is 0.167. The van der Waals surface area contributed by atoms with Gasteiger partial charge < -0.3 is 10.4 Å². The third-order valence-electron chi connectivity index (χ3n) is 4.67. The predicted octanol–water partition coefficient (Wildman–Crippen LogP) is 5.73. The second-order valence-corrected chi connectivity index (χ2v) is 8.27. The van der Waals surface area contributed by atoms with Crippen LogP contribution in [0.4, 0.5) is 18.9 Å². The minimum atomic E-state index is -4.74. The number of carbonyl (C=O) groups is 1. The molecule has 0 bridgehead atoms. The first-order valence-corrected chi connectivity index (χ1v) is 10.5. The topological polar surface area (TPSA) is 73.1 Å². The molecule has 0 heterocycles. The number of anilines is 1. The molecule has 0 saturated carbocycles. The van der Waals surface area contributed by atoms with Gasteiger partial charge in [0, 0.05) is 16.3 Å². The van der Waals surface area contributed by atoms with Gasteiger partial charge in [-0.15, -0.1) is 11.8 Å². The van der Waals surface area contributed by atoms with Gasteiger partial charge in [0.1, 0.15) is 5.60 Å². The summed E-state index contributed by atoms with van der Waals surface area (Å²) in [4.78, 5) is 13.5. The van der Waals surface area contributed by atoms with Crippen LogP contribution >= 0.6 is 11.8 Å². The molecule has 0 aromatic heterocycles. The smallest absolute Gasteiger partial charge is 0.379 e. The highest BCUT2D eigenvalue weighted by atomic mass is 32.2. The summed E-state index contributed by atoms with van der Waals surface area (Å²) in [7, 11) is 0. The molecule has 1 amide bonds. The monoisotopic (exact) mass is 456 g/mol. The number of benzene rings is 3. The Hall–Kier alpha value is -3.28. The van der Waals surface area contributed by atoms with Gasteiger partial charge in [-0.25, -0.2) is 0 Å². The fourth-order valence-corrected chi connectivity index (χ4v) is 4.04. The molecule has 0 aliphatic rings. The van der Waals surface area contributed by atoms with Crippen LogP contribution in [-0.2, 0) is 11.0 Å². The van der Waals surface area contributed by atoms with Gasteiger partial charge in [0.2, 0.25) is 0 Å². The molecule has 1 atom stereocenters. The van der Waals surface area contributed by atoms with E-state index < -0.39 is 28.8 Å². The summed E-state index contributed by atoms with van der Waals surface area (Å²) in [5.74, 6) is -0.870. The van der Waals surface area contributed by atoms with Crippen LogP contribution in [0.15, 0.2) is 77.7 Å². The van der Waals surface area contributed by atoms with Crippen molar-refractivity contribution in [3.05, 3.63) is 83.9 Å². The van der Waals surface area contributed by atoms with Crippen molar-refractivity contribution >= 4 is 23.4 Å². The van der Waals surface area contributed by atoms with E-state index in [-0.39, 0.29) is 11.4 Å². The van der Waals surface area contributed by atoms with Crippen LogP contribution in [0.25, 0.3) is 11.1 Å². The van der Waals surface area contributed by atoms with E-state index in [0.717, 1.165) is 22.1 Å². The summed E-state index contributed by atoms with van der Waals surface area (Å²) in [5, 5.41) is 21.9. The number of amides is 1. The zero-order valence-corrected chi connectivity index (χ0v) is 17.8. The molecule has 3 aromatic rings. The molecular formula is C24H19F3N2O2S. The number of hydrogen-bond acceptors (Lipinski definition) is 4. The fourth-order valence-electron chi connectivity index (χ4n) is 2.95. The largest absolute Gasteiger partial charge is 0.417 e. The van der Waals surface area contributed by atoms with Crippen molar-refractivity contribution in [2.75, 3.05) is 11.1 Å². The lowest BCUT2D eigenvalue weighted by molar-refractivity contribution is -0.137. The number of nitrogens with zero attached hydrogens (tertiary/aromatic N) is 1. The number of nitrogens with one attached hydrogen (secondary N) is 1. The van der Waals surface area contributed by atoms with Crippen LogP contribution in [0.3, 0.4) is 0 Å². The summed E-state index contributed by atoms with van der Waals surface area (Å²) in [6.07, 6.45) is -4.74. The lowest BCUT2D eigenvalue weighted by Gasteiger charge is -2.23. The number of carbonyl (C=O) groups excluding carboxylic acids is 1. The molecule has 0 aliphatic carbocycles. The van der Waals surface area contributed by atoms with Crippen LogP contribution in [0.1, 0.15) is 18.1 Å². The molecule has 8 heteroatoms. The molecule has 32 heavy (non-hydrogen) atoms. The number of nitriles is 1. The van der Waals surface area contributed by atoms with Crippen molar-refractivity contribution in [3.8, 4) is 17.2 Å². The highest BCUT2D eigenvalue weighted by Gasteiger charge is 2.35. The third kappa shape index (κ3) is 5.49. The number of alkyl halides is 3. The molecule has 2 N–H and O–H groups in total. The van der Waals surface area contributed by atoms with E-state index in [0.29, 0.717) is 6.07 Å². The first-order valence-electron chi connectivity index (χ1n) is 9.54. The highest BCUT2D eigenvalue weighted by molar-refractivity contribution is 7.99. The van der Waals surface area contributed by atoms with E-state index in [2.05, 4.69) is 5.32 Å². The van der Waals surface area contributed by atoms with Crippen LogP contribution in [0, 0.1) is 11.3 Å². The maximum absolute atomic E-state index is 13.2. The Labute approximate surface area is 187 Å². The number of thioether (sulfide) groups is 1. The van der Waals surface area contributed by atoms with E-state index in [1.165, 1.54) is 30.8 Å². The number of hydrogen-bond donors (Lipinski definition) is 2. The average Bonchev–Trinajstić information content (AvgIpc) is 2.78. The van der Waals surface area contributed by atoms with Crippen molar-refractivity contribution in [1.29, 1.82) is 5.26 Å². The Balaban J connectivity index is 1.75. The third-order valence-corrected chi connectivity index (χ3v) is 6.05. The summed E-state index contributed by atoms with van der Waals surface area (Å²) < 4.78 is 39.5. The number of halogens is 3. The molecule has 4 nitrogen and oxygen atoms in total. The first-order chi connectivity index (χ1) is 15.1. The van der Waals surface area contributed by atoms with Crippen LogP contribution in [-0.4, -0.2) is 22.4 Å². The van der Waals surface area contributed by atoms with Crippen molar-refractivity contribution < 1.29 is 23.1 Å². The molecule has 0 saturated heterocycles. The maximum Gasteiger partial charge on any atom is 0.417 e. The van der Waals surface area contributed by atoms with Gasteiger partial charge in [-0.1, -0.05) is 48.5 Å². The molecule has 0 aliphatic heterocycles. The standard InChI is InChI=1S/C24H19F3N2O2S/c1-23(31,15-32-21-10-6-5-9-19(21)16-7-3-2-4-8-16)22(30)29-18-12-11-17(14-28)20(13-18)24(25,26)27/h2-13,31H,15H2,1H3,(H,29,30). The molecule has 0 fully saturated rings. The number of rotatable bonds is 6. The molecule has 0 spiro atoms. The molecule has 164 valence electrons. The van der Waals surface area contributed by atoms with Gasteiger partial charge in [-0.3, -0.25) is 4.79 Å². The minimum absolute atomic E-state index is 0.0227. The Morgan fingerprint density at radius 2 is 1.72 bits per heavy atom. The SMILES string of the molecule is CC(O)(CSc1ccccc1-c1ccccc1)C(=O)Nc1ccc(C#N)c(C(F)(F)F)c1. The van der Waals surface area contributed by atoms with Gasteiger partial charge in [0.05, 0.1) is 17.2 Å². The van der Waals surface area contributed by atoms with Gasteiger partial charge in [-0.2, -0.15) is 18.4 Å². The molecular weight excluding hydrogens is 437 g/mol. The van der Waals surface area contributed by atoms with Crippen LogP contribution < -0.4 is 5.32 Å². The Morgan fingerprint density at radius 3 is 2.38 bits per heavy atom. The second kappa shape index (κ2) is 9.47. The van der Waals surface area contributed by atoms with Crippen LogP contribution in [0.2, 0.25) is 0 Å². The summed E-state index contributed by atoms with van der Waals surface area (Å²) in [5.41, 5.74) is -1.79. The molecule has 3 rings (SSSR count). The highest BCUT2D eigenvalue weighted by Crippen LogP contribution is 2.35. The quantitative estimate of drug-likeness (QED) is 0.465. The van der Waals surface area contributed by atoms with Crippen molar-refractivity contribution in [1.82, 2.24) is 0 Å². The van der Waals surface area contributed by atoms with E-state index in [4.69, 9.17) is 5.26 Å². The van der Waals surface area contributed by atoms with Gasteiger partial charge in [-0.05, 0) is 42.3 Å². The van der Waals surface area contributed by atoms with Gasteiger partial charge in [0.15, 0.2) is 0 Å². The Morgan fingerprint density at radius 1 is 1.06 bits per heavy atom. The van der Waals surface area contributed by atoms with Crippen molar-refractivity contribution in [2.24, 2.45) is 0 Å². The van der Waals surface area contributed by atoms with Crippen LogP contribution in [0.5, 0.6) is 0 Å². The van der Waals surface area contributed by atoms with Crippen molar-refractivity contribution in [3.63, 3.8) is 0 Å². The summed E-state index contributed by atoms with van der Waals surface area (Å²) >= 11 is 1.27. The molecule has 1 unspecified atom stereocenters. The number of aliphatic hydroxyl groups is 1. The van der Waals surface area contributed by atoms with Gasteiger partial charge in [0.25, 0.3) is 5.91 Å². The predicted molar refractivity (Wildman–Crippen MR) is 118 cm³/mol. The van der Waals surface area contributed by atoms with E-state index in [1.807, 2.05) is 54.6 Å². The Kier molecular flexibility index (Phi) is 6.92. The zero-order valence-electron chi connectivity index (χ0n) is 17.0. The Bertz CT molecular complexity index is 1160. The van der Waals surface area contributed by atoms with E-state index >= 15 is 0 Å². The van der Waals surface area contributed by atoms with E-state index in [1.54, 1.807) is 0 Å². The molecule has 3 aromatic carbocycles. The van der Waals surface area contributed by atoms with E-state index in [9.17, 15) is 23.1 Å². The normalized spacial score (nSPS) is 13.1. The summed E-state index contributed by atoms with van der Waals surface area (Å²) in [6.45, 7) is 1.30. The summed E-state index contributed by atoms with van der Waals surface area (Å²) in [6, 6.07) is 21.5. The second-order valence-electron chi connectivity index (χ2n) is 7.25. The van der Waals surface area contributed by atoms with Gasteiger partial charge >= 0.3 is 6.18 Å².